The molecule has 0 saturated heterocycles. The standard InChI is InChI=1S/C15H12BrClF2/c16-12-4-1-3-10(7-12)11(9-17)8-13-14(18)5-2-6-15(13)19/h1-7,11H,8-9H2. The summed E-state index contributed by atoms with van der Waals surface area (Å²) in [5, 5.41) is 0. The minimum atomic E-state index is -0.523. The zero-order chi connectivity index (χ0) is 13.8. The Morgan fingerprint density at radius 2 is 1.68 bits per heavy atom. The molecule has 2 aromatic rings. The van der Waals surface area contributed by atoms with Crippen molar-refractivity contribution < 1.29 is 8.78 Å². The lowest BCUT2D eigenvalue weighted by molar-refractivity contribution is 0.544. The van der Waals surface area contributed by atoms with Gasteiger partial charge in [0, 0.05) is 21.8 Å². The van der Waals surface area contributed by atoms with Crippen LogP contribution >= 0.6 is 27.5 Å². The molecule has 0 heterocycles. The molecule has 1 unspecified atom stereocenters. The lowest BCUT2D eigenvalue weighted by Gasteiger charge is -2.15. The largest absolute Gasteiger partial charge is 0.207 e. The Bertz CT molecular complexity index is 552. The predicted molar refractivity (Wildman–Crippen MR) is 77.7 cm³/mol. The SMILES string of the molecule is Fc1cccc(F)c1CC(CCl)c1cccc(Br)c1. The molecule has 0 aliphatic heterocycles. The third-order valence-electron chi connectivity index (χ3n) is 3.02. The lowest BCUT2D eigenvalue weighted by atomic mass is 9.93. The Morgan fingerprint density at radius 3 is 2.26 bits per heavy atom. The van der Waals surface area contributed by atoms with Crippen LogP contribution in [0.3, 0.4) is 0 Å². The summed E-state index contributed by atoms with van der Waals surface area (Å²) in [5.41, 5.74) is 1.06. The summed E-state index contributed by atoms with van der Waals surface area (Å²) in [4.78, 5) is 0. The summed E-state index contributed by atoms with van der Waals surface area (Å²) >= 11 is 9.33. The lowest BCUT2D eigenvalue weighted by Crippen LogP contribution is -2.08. The van der Waals surface area contributed by atoms with E-state index in [1.54, 1.807) is 0 Å². The van der Waals surface area contributed by atoms with Crippen LogP contribution in [0.4, 0.5) is 8.78 Å². The molecular weight excluding hydrogens is 334 g/mol. The topological polar surface area (TPSA) is 0 Å². The van der Waals surface area contributed by atoms with E-state index in [4.69, 9.17) is 11.6 Å². The maximum atomic E-state index is 13.6. The van der Waals surface area contributed by atoms with E-state index >= 15 is 0 Å². The molecule has 100 valence electrons. The number of benzene rings is 2. The molecule has 0 nitrogen and oxygen atoms in total. The normalized spacial score (nSPS) is 12.4. The van der Waals surface area contributed by atoms with E-state index < -0.39 is 11.6 Å². The monoisotopic (exact) mass is 344 g/mol. The van der Waals surface area contributed by atoms with Gasteiger partial charge in [-0.1, -0.05) is 34.1 Å². The van der Waals surface area contributed by atoms with Crippen molar-refractivity contribution in [2.75, 3.05) is 5.88 Å². The smallest absolute Gasteiger partial charge is 0.129 e. The van der Waals surface area contributed by atoms with Crippen molar-refractivity contribution in [3.63, 3.8) is 0 Å². The first-order chi connectivity index (χ1) is 9.11. The maximum absolute atomic E-state index is 13.6. The van der Waals surface area contributed by atoms with E-state index in [0.29, 0.717) is 5.88 Å². The van der Waals surface area contributed by atoms with E-state index in [-0.39, 0.29) is 17.9 Å². The first-order valence-corrected chi connectivity index (χ1v) is 7.19. The van der Waals surface area contributed by atoms with Crippen molar-refractivity contribution in [1.82, 2.24) is 0 Å². The van der Waals surface area contributed by atoms with Crippen molar-refractivity contribution in [3.8, 4) is 0 Å². The van der Waals surface area contributed by atoms with Gasteiger partial charge in [-0.05, 0) is 36.2 Å². The van der Waals surface area contributed by atoms with Crippen LogP contribution in [0.15, 0.2) is 46.9 Å². The fraction of sp³-hybridized carbons (Fsp3) is 0.200. The molecule has 2 aromatic carbocycles. The Kier molecular flexibility index (Phi) is 4.94. The molecule has 0 amide bonds. The van der Waals surface area contributed by atoms with E-state index in [1.807, 2.05) is 24.3 Å². The van der Waals surface area contributed by atoms with Gasteiger partial charge in [0.15, 0.2) is 0 Å². The molecule has 0 aliphatic rings. The molecule has 2 rings (SSSR count). The van der Waals surface area contributed by atoms with Crippen LogP contribution in [0.2, 0.25) is 0 Å². The molecule has 0 saturated carbocycles. The van der Waals surface area contributed by atoms with Crippen LogP contribution in [0.5, 0.6) is 0 Å². The van der Waals surface area contributed by atoms with E-state index in [0.717, 1.165) is 10.0 Å². The molecule has 1 atom stereocenters. The Balaban J connectivity index is 2.29. The van der Waals surface area contributed by atoms with Crippen molar-refractivity contribution in [3.05, 3.63) is 69.7 Å². The van der Waals surface area contributed by atoms with Gasteiger partial charge < -0.3 is 0 Å². The van der Waals surface area contributed by atoms with Crippen molar-refractivity contribution in [2.45, 2.75) is 12.3 Å². The molecule has 19 heavy (non-hydrogen) atoms. The van der Waals surface area contributed by atoms with Crippen LogP contribution in [0.1, 0.15) is 17.0 Å². The second-order valence-electron chi connectivity index (χ2n) is 4.31. The Labute approximate surface area is 124 Å². The van der Waals surface area contributed by atoms with Crippen LogP contribution < -0.4 is 0 Å². The number of hydrogen-bond donors (Lipinski definition) is 0. The molecular formula is C15H12BrClF2. The number of rotatable bonds is 4. The first-order valence-electron chi connectivity index (χ1n) is 5.86. The second-order valence-corrected chi connectivity index (χ2v) is 5.53. The van der Waals surface area contributed by atoms with Crippen LogP contribution in [0, 0.1) is 11.6 Å². The van der Waals surface area contributed by atoms with Crippen LogP contribution in [0.25, 0.3) is 0 Å². The summed E-state index contributed by atoms with van der Waals surface area (Å²) in [7, 11) is 0. The van der Waals surface area contributed by atoms with E-state index in [1.165, 1.54) is 18.2 Å². The molecule has 0 bridgehead atoms. The Morgan fingerprint density at radius 1 is 1.05 bits per heavy atom. The molecule has 0 aromatic heterocycles. The number of alkyl halides is 1. The summed E-state index contributed by atoms with van der Waals surface area (Å²) in [6.45, 7) is 0. The van der Waals surface area contributed by atoms with Gasteiger partial charge in [-0.3, -0.25) is 0 Å². The van der Waals surface area contributed by atoms with E-state index in [9.17, 15) is 8.78 Å². The Hall–Kier alpha value is -0.930. The van der Waals surface area contributed by atoms with Crippen LogP contribution in [-0.4, -0.2) is 5.88 Å². The average Bonchev–Trinajstić information content (AvgIpc) is 2.38. The van der Waals surface area contributed by atoms with E-state index in [2.05, 4.69) is 15.9 Å². The van der Waals surface area contributed by atoms with Gasteiger partial charge >= 0.3 is 0 Å². The van der Waals surface area contributed by atoms with Gasteiger partial charge in [0.2, 0.25) is 0 Å². The first kappa shape index (κ1) is 14.5. The van der Waals surface area contributed by atoms with Crippen LogP contribution in [-0.2, 0) is 6.42 Å². The molecule has 4 heteroatoms. The van der Waals surface area contributed by atoms with Gasteiger partial charge in [-0.2, -0.15) is 0 Å². The molecule has 0 fully saturated rings. The fourth-order valence-corrected chi connectivity index (χ4v) is 2.70. The zero-order valence-electron chi connectivity index (χ0n) is 10.0. The highest BCUT2D eigenvalue weighted by molar-refractivity contribution is 9.10. The minimum Gasteiger partial charge on any atom is -0.207 e. The third kappa shape index (κ3) is 3.54. The highest BCUT2D eigenvalue weighted by Crippen LogP contribution is 2.27. The maximum Gasteiger partial charge on any atom is 0.129 e. The quantitative estimate of drug-likeness (QED) is 0.660. The van der Waals surface area contributed by atoms with Gasteiger partial charge in [0.05, 0.1) is 0 Å². The summed E-state index contributed by atoms with van der Waals surface area (Å²) in [6, 6.07) is 11.5. The minimum absolute atomic E-state index is 0.0909. The molecule has 0 radical (unpaired) electrons. The fourth-order valence-electron chi connectivity index (χ4n) is 2.00. The summed E-state index contributed by atoms with van der Waals surface area (Å²) in [5.74, 6) is -0.856. The van der Waals surface area contributed by atoms with Gasteiger partial charge in [-0.15, -0.1) is 11.6 Å². The highest BCUT2D eigenvalue weighted by atomic mass is 79.9. The van der Waals surface area contributed by atoms with Crippen molar-refractivity contribution >= 4 is 27.5 Å². The van der Waals surface area contributed by atoms with Gasteiger partial charge in [0.25, 0.3) is 0 Å². The second kappa shape index (κ2) is 6.49. The molecule has 0 spiro atoms. The average molecular weight is 346 g/mol. The van der Waals surface area contributed by atoms with Gasteiger partial charge in [0.1, 0.15) is 11.6 Å². The van der Waals surface area contributed by atoms with Crippen molar-refractivity contribution in [2.24, 2.45) is 0 Å². The summed E-state index contributed by atoms with van der Waals surface area (Å²) in [6.07, 6.45) is 0.248. The number of halogens is 4. The molecule has 0 aliphatic carbocycles. The summed E-state index contributed by atoms with van der Waals surface area (Å²) < 4.78 is 28.2. The zero-order valence-corrected chi connectivity index (χ0v) is 12.4. The third-order valence-corrected chi connectivity index (χ3v) is 3.88. The molecule has 0 N–H and O–H groups in total. The van der Waals surface area contributed by atoms with Crippen molar-refractivity contribution in [1.29, 1.82) is 0 Å². The predicted octanol–water partition coefficient (Wildman–Crippen LogP) is 5.29. The van der Waals surface area contributed by atoms with Gasteiger partial charge in [-0.25, -0.2) is 8.78 Å². The highest BCUT2D eigenvalue weighted by Gasteiger charge is 2.17. The number of hydrogen-bond acceptors (Lipinski definition) is 0.